The molecule has 3 aromatic heterocycles. The molecule has 1 amide bonds. The highest BCUT2D eigenvalue weighted by Gasteiger charge is 2.18. The maximum atomic E-state index is 12.2. The Morgan fingerprint density at radius 3 is 2.80 bits per heavy atom. The molecule has 1 aliphatic heterocycles. The van der Waals surface area contributed by atoms with Gasteiger partial charge in [-0.25, -0.2) is 9.50 Å². The molecule has 30 heavy (non-hydrogen) atoms. The van der Waals surface area contributed by atoms with Gasteiger partial charge < -0.3 is 15.2 Å². The van der Waals surface area contributed by atoms with Gasteiger partial charge >= 0.3 is 0 Å². The van der Waals surface area contributed by atoms with Crippen LogP contribution < -0.4 is 15.8 Å². The molecule has 156 valence electrons. The van der Waals surface area contributed by atoms with Gasteiger partial charge in [-0.2, -0.15) is 5.10 Å². The second kappa shape index (κ2) is 8.14. The molecule has 0 saturated heterocycles. The number of hydrogen-bond donors (Lipinski definition) is 2. The van der Waals surface area contributed by atoms with Gasteiger partial charge in [0, 0.05) is 37.5 Å². The van der Waals surface area contributed by atoms with E-state index < -0.39 is 0 Å². The molecule has 0 atom stereocenters. The van der Waals surface area contributed by atoms with Crippen molar-refractivity contribution < 1.29 is 4.79 Å². The number of aromatic nitrogens is 4. The first-order valence-electron chi connectivity index (χ1n) is 10.2. The lowest BCUT2D eigenvalue weighted by molar-refractivity contribution is 0.0958. The van der Waals surface area contributed by atoms with Crippen LogP contribution in [0.25, 0.3) is 5.65 Å². The lowest BCUT2D eigenvalue weighted by Crippen LogP contribution is -2.30. The topological polar surface area (TPSA) is 95.4 Å². The maximum Gasteiger partial charge on any atom is 0.269 e. The smallest absolute Gasteiger partial charge is 0.269 e. The van der Waals surface area contributed by atoms with Crippen LogP contribution in [0.5, 0.6) is 0 Å². The molecule has 4 heterocycles. The van der Waals surface area contributed by atoms with Crippen molar-refractivity contribution in [2.45, 2.75) is 33.1 Å². The average molecular weight is 406 g/mol. The zero-order valence-corrected chi connectivity index (χ0v) is 17.5. The Balaban J connectivity index is 1.50. The maximum absolute atomic E-state index is 12.2. The third-order valence-corrected chi connectivity index (χ3v) is 5.63. The number of aromatic amines is 1. The minimum Gasteiger partial charge on any atom is -0.366 e. The van der Waals surface area contributed by atoms with Crippen LogP contribution in [-0.2, 0) is 12.8 Å². The Morgan fingerprint density at radius 2 is 2.13 bits per heavy atom. The fraction of sp³-hybridized carbons (Fsp3) is 0.364. The summed E-state index contributed by atoms with van der Waals surface area (Å²) in [5.74, 6) is -0.178. The number of rotatable bonds is 5. The van der Waals surface area contributed by atoms with Crippen molar-refractivity contribution in [3.8, 4) is 0 Å². The minimum atomic E-state index is -0.178. The summed E-state index contributed by atoms with van der Waals surface area (Å²) in [5, 5.41) is 7.01. The molecule has 3 aromatic rings. The second-order valence-electron chi connectivity index (χ2n) is 7.54. The van der Waals surface area contributed by atoms with Crippen LogP contribution in [0.3, 0.4) is 0 Å². The van der Waals surface area contributed by atoms with Crippen molar-refractivity contribution in [2.75, 3.05) is 25.0 Å². The summed E-state index contributed by atoms with van der Waals surface area (Å²) < 4.78 is 1.76. The first-order chi connectivity index (χ1) is 14.5. The summed E-state index contributed by atoms with van der Waals surface area (Å²) >= 11 is 0. The van der Waals surface area contributed by atoms with E-state index in [1.165, 1.54) is 5.57 Å². The van der Waals surface area contributed by atoms with E-state index in [2.05, 4.69) is 31.4 Å². The third-order valence-electron chi connectivity index (χ3n) is 5.63. The molecule has 0 bridgehead atoms. The van der Waals surface area contributed by atoms with Crippen molar-refractivity contribution in [1.29, 1.82) is 0 Å². The summed E-state index contributed by atoms with van der Waals surface area (Å²) in [6.07, 6.45) is 8.25. The SMILES string of the molecule is CCc1cn2ncc(CC3=CCN(c4ccc(C(=O)NC)nc4C)CC3)c2[nH]c1=O. The summed E-state index contributed by atoms with van der Waals surface area (Å²) in [7, 11) is 1.60. The lowest BCUT2D eigenvalue weighted by atomic mass is 10.0. The monoisotopic (exact) mass is 406 g/mol. The van der Waals surface area contributed by atoms with Gasteiger partial charge in [0.15, 0.2) is 0 Å². The van der Waals surface area contributed by atoms with Gasteiger partial charge in [-0.05, 0) is 38.3 Å². The molecule has 0 spiro atoms. The standard InChI is InChI=1S/C22H26N6O2/c1-4-16-13-28-20(26-21(16)29)17(12-24-28)11-15-7-9-27(10-8-15)19-6-5-18(22(30)23-3)25-14(19)2/h5-7,12-13H,4,8-11H2,1-3H3,(H,23,30)(H,26,29). The molecule has 0 fully saturated rings. The predicted octanol–water partition coefficient (Wildman–Crippen LogP) is 2.03. The fourth-order valence-corrected chi connectivity index (χ4v) is 3.89. The number of carbonyl (C=O) groups excluding carboxylic acids is 1. The number of H-pyrrole nitrogens is 1. The van der Waals surface area contributed by atoms with E-state index in [9.17, 15) is 9.59 Å². The van der Waals surface area contributed by atoms with Crippen LogP contribution in [0.4, 0.5) is 5.69 Å². The van der Waals surface area contributed by atoms with E-state index in [-0.39, 0.29) is 11.5 Å². The highest BCUT2D eigenvalue weighted by Crippen LogP contribution is 2.25. The van der Waals surface area contributed by atoms with Crippen LogP contribution in [0, 0.1) is 6.92 Å². The third kappa shape index (κ3) is 3.72. The quantitative estimate of drug-likeness (QED) is 0.632. The Kier molecular flexibility index (Phi) is 5.39. The zero-order chi connectivity index (χ0) is 21.3. The summed E-state index contributed by atoms with van der Waals surface area (Å²) in [5.41, 5.74) is 6.14. The largest absolute Gasteiger partial charge is 0.366 e. The summed E-state index contributed by atoms with van der Waals surface area (Å²) in [6.45, 7) is 5.56. The number of anilines is 1. The Bertz CT molecular complexity index is 1190. The highest BCUT2D eigenvalue weighted by molar-refractivity contribution is 5.92. The Morgan fingerprint density at radius 1 is 1.30 bits per heavy atom. The van der Waals surface area contributed by atoms with E-state index in [1.54, 1.807) is 17.6 Å². The second-order valence-corrected chi connectivity index (χ2v) is 7.54. The number of amides is 1. The fourth-order valence-electron chi connectivity index (χ4n) is 3.89. The van der Waals surface area contributed by atoms with Crippen molar-refractivity contribution >= 4 is 17.2 Å². The number of pyridine rings is 1. The molecule has 2 N–H and O–H groups in total. The van der Waals surface area contributed by atoms with E-state index >= 15 is 0 Å². The van der Waals surface area contributed by atoms with Crippen molar-refractivity contribution in [3.05, 3.63) is 69.0 Å². The van der Waals surface area contributed by atoms with Gasteiger partial charge in [0.05, 0.1) is 17.6 Å². The Hall–Kier alpha value is -3.42. The summed E-state index contributed by atoms with van der Waals surface area (Å²) in [4.78, 5) is 33.6. The van der Waals surface area contributed by atoms with E-state index in [1.807, 2.05) is 32.3 Å². The van der Waals surface area contributed by atoms with Crippen LogP contribution in [-0.4, -0.2) is 45.6 Å². The molecule has 0 aromatic carbocycles. The summed E-state index contributed by atoms with van der Waals surface area (Å²) in [6, 6.07) is 3.73. The van der Waals surface area contributed by atoms with Gasteiger partial charge in [-0.1, -0.05) is 18.6 Å². The molecule has 1 aliphatic rings. The zero-order valence-electron chi connectivity index (χ0n) is 17.5. The van der Waals surface area contributed by atoms with Gasteiger partial charge in [0.2, 0.25) is 0 Å². The number of carbonyl (C=O) groups is 1. The molecular formula is C22H26N6O2. The average Bonchev–Trinajstić information content (AvgIpc) is 3.14. The number of aryl methyl sites for hydroxylation is 2. The van der Waals surface area contributed by atoms with Crippen LogP contribution >= 0.6 is 0 Å². The van der Waals surface area contributed by atoms with Crippen molar-refractivity contribution in [1.82, 2.24) is 24.9 Å². The van der Waals surface area contributed by atoms with Gasteiger partial charge in [-0.15, -0.1) is 0 Å². The van der Waals surface area contributed by atoms with Crippen LogP contribution in [0.15, 0.2) is 41.0 Å². The van der Waals surface area contributed by atoms with Gasteiger partial charge in [-0.3, -0.25) is 9.59 Å². The van der Waals surface area contributed by atoms with Gasteiger partial charge in [0.1, 0.15) is 11.3 Å². The normalized spacial score (nSPS) is 14.1. The molecule has 0 unspecified atom stereocenters. The number of nitrogens with zero attached hydrogens (tertiary/aromatic N) is 4. The first kappa shape index (κ1) is 19.9. The number of hydrogen-bond acceptors (Lipinski definition) is 5. The number of nitrogens with one attached hydrogen (secondary N) is 2. The molecule has 0 radical (unpaired) electrons. The molecular weight excluding hydrogens is 380 g/mol. The minimum absolute atomic E-state index is 0.0428. The van der Waals surface area contributed by atoms with Gasteiger partial charge in [0.25, 0.3) is 11.5 Å². The molecule has 0 saturated carbocycles. The van der Waals surface area contributed by atoms with Crippen LogP contribution in [0.1, 0.15) is 40.7 Å². The van der Waals surface area contributed by atoms with E-state index in [0.29, 0.717) is 12.1 Å². The van der Waals surface area contributed by atoms with Crippen molar-refractivity contribution in [2.24, 2.45) is 0 Å². The first-order valence-corrected chi connectivity index (χ1v) is 10.2. The van der Waals surface area contributed by atoms with Crippen LogP contribution in [0.2, 0.25) is 0 Å². The molecule has 4 rings (SSSR count). The molecule has 0 aliphatic carbocycles. The van der Waals surface area contributed by atoms with Crippen molar-refractivity contribution in [3.63, 3.8) is 0 Å². The number of fused-ring (bicyclic) bond motifs is 1. The van der Waals surface area contributed by atoms with E-state index in [4.69, 9.17) is 0 Å². The van der Waals surface area contributed by atoms with E-state index in [0.717, 1.165) is 54.1 Å². The Labute approximate surface area is 174 Å². The molecule has 8 nitrogen and oxygen atoms in total. The highest BCUT2D eigenvalue weighted by atomic mass is 16.1. The molecule has 8 heteroatoms. The lowest BCUT2D eigenvalue weighted by Gasteiger charge is -2.29. The predicted molar refractivity (Wildman–Crippen MR) is 116 cm³/mol.